The van der Waals surface area contributed by atoms with Gasteiger partial charge in [-0.15, -0.1) is 35.3 Å². The highest BCUT2D eigenvalue weighted by atomic mass is 127. The number of hydrogen-bond donors (Lipinski definition) is 2. The van der Waals surface area contributed by atoms with E-state index in [-0.39, 0.29) is 30.0 Å². The van der Waals surface area contributed by atoms with Crippen LogP contribution in [0.5, 0.6) is 0 Å². The van der Waals surface area contributed by atoms with Gasteiger partial charge in [0.15, 0.2) is 5.96 Å². The molecule has 0 fully saturated rings. The van der Waals surface area contributed by atoms with Crippen LogP contribution in [0.4, 0.5) is 0 Å². The lowest BCUT2D eigenvalue weighted by molar-refractivity contribution is 0.179. The summed E-state index contributed by atoms with van der Waals surface area (Å²) in [5, 5.41) is 6.31. The SMILES string of the molecule is COCC(C)NC(N)=NCCCc1nc(C)cs1.I. The molecule has 0 aromatic carbocycles. The van der Waals surface area contributed by atoms with Crippen molar-refractivity contribution in [2.24, 2.45) is 10.7 Å². The molecule has 0 saturated heterocycles. The number of hydrogen-bond acceptors (Lipinski definition) is 4. The average molecular weight is 398 g/mol. The molecular weight excluding hydrogens is 375 g/mol. The lowest BCUT2D eigenvalue weighted by Crippen LogP contribution is -2.40. The predicted molar refractivity (Wildman–Crippen MR) is 91.6 cm³/mol. The van der Waals surface area contributed by atoms with Crippen LogP contribution in [0.25, 0.3) is 0 Å². The highest BCUT2D eigenvalue weighted by molar-refractivity contribution is 14.0. The van der Waals surface area contributed by atoms with Gasteiger partial charge in [-0.05, 0) is 20.3 Å². The minimum atomic E-state index is 0. The monoisotopic (exact) mass is 398 g/mol. The van der Waals surface area contributed by atoms with Crippen molar-refractivity contribution in [1.29, 1.82) is 0 Å². The van der Waals surface area contributed by atoms with Crippen LogP contribution in [0, 0.1) is 6.92 Å². The number of nitrogens with two attached hydrogens (primary N) is 1. The molecule has 0 aliphatic carbocycles. The number of methoxy groups -OCH3 is 1. The number of ether oxygens (including phenoxy) is 1. The average Bonchev–Trinajstić information content (AvgIpc) is 2.71. The fourth-order valence-corrected chi connectivity index (χ4v) is 2.36. The number of nitrogens with one attached hydrogen (secondary N) is 1. The van der Waals surface area contributed by atoms with E-state index in [1.807, 2.05) is 13.8 Å². The summed E-state index contributed by atoms with van der Waals surface area (Å²) in [5.74, 6) is 0.481. The molecule has 1 atom stereocenters. The first-order chi connectivity index (χ1) is 8.61. The maximum absolute atomic E-state index is 5.76. The molecule has 1 unspecified atom stereocenters. The molecule has 1 aromatic rings. The van der Waals surface area contributed by atoms with Gasteiger partial charge in [-0.2, -0.15) is 0 Å². The van der Waals surface area contributed by atoms with E-state index in [9.17, 15) is 0 Å². The molecule has 110 valence electrons. The number of aryl methyl sites for hydroxylation is 2. The minimum Gasteiger partial charge on any atom is -0.383 e. The summed E-state index contributed by atoms with van der Waals surface area (Å²) in [7, 11) is 1.67. The van der Waals surface area contributed by atoms with Crippen LogP contribution in [0.15, 0.2) is 10.4 Å². The number of rotatable bonds is 7. The van der Waals surface area contributed by atoms with Crippen LogP contribution in [-0.4, -0.2) is 37.2 Å². The van der Waals surface area contributed by atoms with Gasteiger partial charge in [-0.3, -0.25) is 4.99 Å². The summed E-state index contributed by atoms with van der Waals surface area (Å²) in [6, 6.07) is 0.181. The van der Waals surface area contributed by atoms with Crippen molar-refractivity contribution in [3.05, 3.63) is 16.1 Å². The summed E-state index contributed by atoms with van der Waals surface area (Å²) >= 11 is 1.70. The van der Waals surface area contributed by atoms with E-state index in [1.54, 1.807) is 18.4 Å². The van der Waals surface area contributed by atoms with Crippen molar-refractivity contribution in [1.82, 2.24) is 10.3 Å². The fourth-order valence-electron chi connectivity index (χ4n) is 1.54. The molecule has 0 amide bonds. The molecule has 3 N–H and O–H groups in total. The lowest BCUT2D eigenvalue weighted by atomic mass is 10.3. The molecule has 0 aliphatic rings. The Labute approximate surface area is 136 Å². The van der Waals surface area contributed by atoms with Crippen molar-refractivity contribution < 1.29 is 4.74 Å². The van der Waals surface area contributed by atoms with Gasteiger partial charge in [-0.1, -0.05) is 0 Å². The molecule has 0 saturated carbocycles. The number of guanidine groups is 1. The van der Waals surface area contributed by atoms with Crippen molar-refractivity contribution in [2.45, 2.75) is 32.7 Å². The first-order valence-corrected chi connectivity index (χ1v) is 6.96. The van der Waals surface area contributed by atoms with Gasteiger partial charge in [0.05, 0.1) is 11.6 Å². The van der Waals surface area contributed by atoms with E-state index in [4.69, 9.17) is 10.5 Å². The third-order valence-electron chi connectivity index (χ3n) is 2.31. The van der Waals surface area contributed by atoms with Crippen LogP contribution in [-0.2, 0) is 11.2 Å². The largest absolute Gasteiger partial charge is 0.383 e. The molecule has 7 heteroatoms. The Morgan fingerprint density at radius 3 is 2.95 bits per heavy atom. The lowest BCUT2D eigenvalue weighted by Gasteiger charge is -2.12. The molecule has 1 rings (SSSR count). The zero-order chi connectivity index (χ0) is 13.4. The van der Waals surface area contributed by atoms with Crippen LogP contribution in [0.3, 0.4) is 0 Å². The Morgan fingerprint density at radius 1 is 1.63 bits per heavy atom. The highest BCUT2D eigenvalue weighted by Gasteiger charge is 2.01. The summed E-state index contributed by atoms with van der Waals surface area (Å²) in [6.07, 6.45) is 1.93. The van der Waals surface area contributed by atoms with Crippen molar-refractivity contribution in [2.75, 3.05) is 20.3 Å². The van der Waals surface area contributed by atoms with Crippen LogP contribution in [0.1, 0.15) is 24.0 Å². The van der Waals surface area contributed by atoms with Crippen molar-refractivity contribution >= 4 is 41.3 Å². The maximum atomic E-state index is 5.76. The topological polar surface area (TPSA) is 72.5 Å². The Kier molecular flexibility index (Phi) is 10.2. The second-order valence-electron chi connectivity index (χ2n) is 4.25. The van der Waals surface area contributed by atoms with E-state index >= 15 is 0 Å². The standard InChI is InChI=1S/C12H22N4OS.HI/c1-9(7-17-3)16-12(13)14-6-4-5-11-15-10(2)8-18-11;/h8-9H,4-7H2,1-3H3,(H3,13,14,16);1H. The normalized spacial score (nSPS) is 12.9. The number of thiazole rings is 1. The number of halogens is 1. The molecular formula is C12H23IN4OS. The molecule has 1 heterocycles. The smallest absolute Gasteiger partial charge is 0.188 e. The predicted octanol–water partition coefficient (Wildman–Crippen LogP) is 1.94. The quantitative estimate of drug-likeness (QED) is 0.319. The second-order valence-corrected chi connectivity index (χ2v) is 5.20. The van der Waals surface area contributed by atoms with Crippen molar-refractivity contribution in [3.63, 3.8) is 0 Å². The van der Waals surface area contributed by atoms with E-state index in [0.29, 0.717) is 12.6 Å². The first kappa shape index (κ1) is 18.6. The van der Waals surface area contributed by atoms with Gasteiger partial charge in [-0.25, -0.2) is 4.98 Å². The van der Waals surface area contributed by atoms with Gasteiger partial charge in [0.25, 0.3) is 0 Å². The Bertz CT molecular complexity index is 384. The second kappa shape index (κ2) is 10.4. The third kappa shape index (κ3) is 8.38. The Hall–Kier alpha value is -0.410. The number of nitrogens with zero attached hydrogens (tertiary/aromatic N) is 2. The van der Waals surface area contributed by atoms with Gasteiger partial charge < -0.3 is 15.8 Å². The Balaban J connectivity index is 0.00000324. The van der Waals surface area contributed by atoms with Crippen molar-refractivity contribution in [3.8, 4) is 0 Å². The summed E-state index contributed by atoms with van der Waals surface area (Å²) in [6.45, 7) is 5.35. The van der Waals surface area contributed by atoms with Gasteiger partial charge in [0.2, 0.25) is 0 Å². The molecule has 0 spiro atoms. The summed E-state index contributed by atoms with van der Waals surface area (Å²) in [4.78, 5) is 8.68. The minimum absolute atomic E-state index is 0. The number of aliphatic imine (C=N–C) groups is 1. The molecule has 1 aromatic heterocycles. The van der Waals surface area contributed by atoms with E-state index < -0.39 is 0 Å². The van der Waals surface area contributed by atoms with E-state index in [1.165, 1.54) is 5.01 Å². The van der Waals surface area contributed by atoms with Crippen LogP contribution >= 0.6 is 35.3 Å². The van der Waals surface area contributed by atoms with Gasteiger partial charge in [0.1, 0.15) is 0 Å². The highest BCUT2D eigenvalue weighted by Crippen LogP contribution is 2.10. The third-order valence-corrected chi connectivity index (χ3v) is 3.33. The Morgan fingerprint density at radius 2 is 2.37 bits per heavy atom. The van der Waals surface area contributed by atoms with Gasteiger partial charge in [0, 0.05) is 37.2 Å². The molecule has 5 nitrogen and oxygen atoms in total. The van der Waals surface area contributed by atoms with Crippen LogP contribution < -0.4 is 11.1 Å². The summed E-state index contributed by atoms with van der Waals surface area (Å²) in [5.41, 5.74) is 6.85. The first-order valence-electron chi connectivity index (χ1n) is 6.08. The molecule has 0 bridgehead atoms. The zero-order valence-electron chi connectivity index (χ0n) is 11.7. The van der Waals surface area contributed by atoms with Crippen LogP contribution in [0.2, 0.25) is 0 Å². The molecule has 0 radical (unpaired) electrons. The fraction of sp³-hybridized carbons (Fsp3) is 0.667. The van der Waals surface area contributed by atoms with E-state index in [2.05, 4.69) is 20.7 Å². The van der Waals surface area contributed by atoms with E-state index in [0.717, 1.165) is 25.1 Å². The van der Waals surface area contributed by atoms with Gasteiger partial charge >= 0.3 is 0 Å². The number of aromatic nitrogens is 1. The molecule has 0 aliphatic heterocycles. The molecule has 19 heavy (non-hydrogen) atoms. The zero-order valence-corrected chi connectivity index (χ0v) is 14.8. The maximum Gasteiger partial charge on any atom is 0.188 e. The summed E-state index contributed by atoms with van der Waals surface area (Å²) < 4.78 is 5.01.